The predicted molar refractivity (Wildman–Crippen MR) is 106 cm³/mol. The molecule has 3 rings (SSSR count). The molecule has 1 aromatic heterocycles. The summed E-state index contributed by atoms with van der Waals surface area (Å²) in [6, 6.07) is 15.6. The van der Waals surface area contributed by atoms with Crippen LogP contribution < -0.4 is 0 Å². The minimum atomic E-state index is -0.389. The summed E-state index contributed by atoms with van der Waals surface area (Å²) in [6.45, 7) is 5.64. The number of Topliss-reactive ketones (excluding diaryl/α,β-unsaturated/α-hetero) is 1. The van der Waals surface area contributed by atoms with Crippen LogP contribution in [0.15, 0.2) is 48.5 Å². The largest absolute Gasteiger partial charge is 0.457 e. The summed E-state index contributed by atoms with van der Waals surface area (Å²) >= 11 is 0. The van der Waals surface area contributed by atoms with Crippen molar-refractivity contribution in [2.45, 2.75) is 33.6 Å². The zero-order chi connectivity index (χ0) is 19.4. The van der Waals surface area contributed by atoms with Crippen LogP contribution in [0, 0.1) is 20.8 Å². The molecule has 0 N–H and O–H groups in total. The van der Waals surface area contributed by atoms with E-state index in [1.807, 2.05) is 69.3 Å². The minimum absolute atomic E-state index is 0.173. The van der Waals surface area contributed by atoms with Crippen molar-refractivity contribution in [1.29, 1.82) is 0 Å². The maximum atomic E-state index is 12.4. The third-order valence-electron chi connectivity index (χ3n) is 4.75. The first kappa shape index (κ1) is 18.8. The average Bonchev–Trinajstić information content (AvgIpc) is 2.67. The molecule has 0 amide bonds. The maximum Gasteiger partial charge on any atom is 0.306 e. The molecule has 0 radical (unpaired) electrons. The molecule has 0 saturated heterocycles. The Morgan fingerprint density at radius 3 is 2.48 bits per heavy atom. The molecule has 3 aromatic rings. The Morgan fingerprint density at radius 1 is 0.926 bits per heavy atom. The Labute approximate surface area is 159 Å². The number of benzene rings is 2. The number of aryl methyl sites for hydroxylation is 4. The molecule has 4 heteroatoms. The van der Waals surface area contributed by atoms with Crippen LogP contribution in [-0.4, -0.2) is 23.3 Å². The molecule has 0 saturated carbocycles. The zero-order valence-corrected chi connectivity index (χ0v) is 15.9. The van der Waals surface area contributed by atoms with Crippen molar-refractivity contribution in [2.75, 3.05) is 6.61 Å². The van der Waals surface area contributed by atoms with E-state index in [2.05, 4.69) is 4.98 Å². The third kappa shape index (κ3) is 4.59. The molecular formula is C23H23NO3. The van der Waals surface area contributed by atoms with Gasteiger partial charge in [0.05, 0.1) is 11.9 Å². The van der Waals surface area contributed by atoms with Crippen molar-refractivity contribution in [3.63, 3.8) is 0 Å². The van der Waals surface area contributed by atoms with Gasteiger partial charge in [-0.1, -0.05) is 30.3 Å². The fourth-order valence-corrected chi connectivity index (χ4v) is 3.03. The van der Waals surface area contributed by atoms with Crippen LogP contribution in [0.25, 0.3) is 10.9 Å². The minimum Gasteiger partial charge on any atom is -0.457 e. The molecule has 27 heavy (non-hydrogen) atoms. The molecule has 0 atom stereocenters. The van der Waals surface area contributed by atoms with E-state index >= 15 is 0 Å². The molecule has 1 heterocycles. The number of rotatable bonds is 6. The van der Waals surface area contributed by atoms with Gasteiger partial charge >= 0.3 is 5.97 Å². The maximum absolute atomic E-state index is 12.4. The van der Waals surface area contributed by atoms with E-state index in [4.69, 9.17) is 4.74 Å². The number of ketones is 1. The fourth-order valence-electron chi connectivity index (χ4n) is 3.03. The number of carbonyl (C=O) groups excluding carboxylic acids is 2. The normalized spacial score (nSPS) is 10.8. The lowest BCUT2D eigenvalue weighted by Gasteiger charge is -2.09. The van der Waals surface area contributed by atoms with Gasteiger partial charge in [0.25, 0.3) is 0 Å². The number of fused-ring (bicyclic) bond motifs is 1. The molecule has 0 aliphatic heterocycles. The van der Waals surface area contributed by atoms with Crippen molar-refractivity contribution in [3.8, 4) is 0 Å². The van der Waals surface area contributed by atoms with Gasteiger partial charge in [0.1, 0.15) is 0 Å². The van der Waals surface area contributed by atoms with Crippen LogP contribution >= 0.6 is 0 Å². The molecule has 0 bridgehead atoms. The topological polar surface area (TPSA) is 56.3 Å². The number of ether oxygens (including phenoxy) is 1. The smallest absolute Gasteiger partial charge is 0.306 e. The summed E-state index contributed by atoms with van der Waals surface area (Å²) < 4.78 is 5.18. The molecule has 0 spiro atoms. The SMILES string of the molecule is Cc1cc(C)c(C(=O)COC(=O)CCc2ccc3ccccc3n2)cc1C. The number of nitrogens with zero attached hydrogens (tertiary/aromatic N) is 1. The van der Waals surface area contributed by atoms with Gasteiger partial charge in [-0.3, -0.25) is 14.6 Å². The highest BCUT2D eigenvalue weighted by molar-refractivity contribution is 5.99. The van der Waals surface area contributed by atoms with E-state index in [0.717, 1.165) is 33.3 Å². The summed E-state index contributed by atoms with van der Waals surface area (Å²) in [5.74, 6) is -0.562. The van der Waals surface area contributed by atoms with Crippen LogP contribution in [0.3, 0.4) is 0 Å². The second-order valence-corrected chi connectivity index (χ2v) is 6.83. The third-order valence-corrected chi connectivity index (χ3v) is 4.75. The summed E-state index contributed by atoms with van der Waals surface area (Å²) in [7, 11) is 0. The summed E-state index contributed by atoms with van der Waals surface area (Å²) in [6.07, 6.45) is 0.686. The van der Waals surface area contributed by atoms with Gasteiger partial charge in [-0.25, -0.2) is 0 Å². The van der Waals surface area contributed by atoms with Crippen LogP contribution in [0.1, 0.15) is 39.2 Å². The second kappa shape index (κ2) is 8.12. The van der Waals surface area contributed by atoms with Crippen LogP contribution in [-0.2, 0) is 16.0 Å². The number of pyridine rings is 1. The molecule has 4 nitrogen and oxygen atoms in total. The first-order valence-corrected chi connectivity index (χ1v) is 9.05. The highest BCUT2D eigenvalue weighted by Crippen LogP contribution is 2.16. The van der Waals surface area contributed by atoms with E-state index in [1.54, 1.807) is 0 Å². The number of carbonyl (C=O) groups is 2. The Balaban J connectivity index is 1.54. The van der Waals surface area contributed by atoms with E-state index in [9.17, 15) is 9.59 Å². The van der Waals surface area contributed by atoms with Gasteiger partial charge in [-0.05, 0) is 55.7 Å². The molecule has 0 unspecified atom stereocenters. The lowest BCUT2D eigenvalue weighted by atomic mass is 9.98. The number of aromatic nitrogens is 1. The number of hydrogen-bond acceptors (Lipinski definition) is 4. The Hall–Kier alpha value is -3.01. The Morgan fingerprint density at radius 2 is 1.67 bits per heavy atom. The number of hydrogen-bond donors (Lipinski definition) is 0. The highest BCUT2D eigenvalue weighted by atomic mass is 16.5. The zero-order valence-electron chi connectivity index (χ0n) is 15.9. The number of para-hydroxylation sites is 1. The van der Waals surface area contributed by atoms with Gasteiger partial charge < -0.3 is 4.74 Å². The van der Waals surface area contributed by atoms with Gasteiger partial charge in [-0.15, -0.1) is 0 Å². The molecule has 0 aliphatic carbocycles. The number of esters is 1. The van der Waals surface area contributed by atoms with Gasteiger partial charge in [0, 0.05) is 23.1 Å². The summed E-state index contributed by atoms with van der Waals surface area (Å²) in [5.41, 5.74) is 5.45. The van der Waals surface area contributed by atoms with Gasteiger partial charge in [-0.2, -0.15) is 0 Å². The molecule has 0 aliphatic rings. The summed E-state index contributed by atoms with van der Waals surface area (Å²) in [5, 5.41) is 1.07. The van der Waals surface area contributed by atoms with Gasteiger partial charge in [0.2, 0.25) is 5.78 Å². The fraction of sp³-hybridized carbons (Fsp3) is 0.261. The molecular weight excluding hydrogens is 338 g/mol. The van der Waals surface area contributed by atoms with Crippen LogP contribution in [0.4, 0.5) is 0 Å². The second-order valence-electron chi connectivity index (χ2n) is 6.83. The van der Waals surface area contributed by atoms with E-state index in [-0.39, 0.29) is 24.8 Å². The predicted octanol–water partition coefficient (Wildman–Crippen LogP) is 4.52. The molecule has 138 valence electrons. The standard InChI is InChI=1S/C23H23NO3/c1-15-12-17(3)20(13-16(15)2)22(25)14-27-23(26)11-10-19-9-8-18-6-4-5-7-21(18)24-19/h4-9,12-13H,10-11,14H2,1-3H3. The first-order chi connectivity index (χ1) is 12.9. The molecule has 0 fully saturated rings. The van der Waals surface area contributed by atoms with Crippen molar-refractivity contribution in [3.05, 3.63) is 76.5 Å². The van der Waals surface area contributed by atoms with E-state index in [0.29, 0.717) is 12.0 Å². The van der Waals surface area contributed by atoms with E-state index < -0.39 is 0 Å². The lowest BCUT2D eigenvalue weighted by Crippen LogP contribution is -2.16. The van der Waals surface area contributed by atoms with E-state index in [1.165, 1.54) is 0 Å². The first-order valence-electron chi connectivity index (χ1n) is 9.05. The molecule has 2 aromatic carbocycles. The lowest BCUT2D eigenvalue weighted by molar-refractivity contribution is -0.142. The van der Waals surface area contributed by atoms with Crippen LogP contribution in [0.5, 0.6) is 0 Å². The monoisotopic (exact) mass is 361 g/mol. The van der Waals surface area contributed by atoms with Crippen molar-refractivity contribution < 1.29 is 14.3 Å². The van der Waals surface area contributed by atoms with Gasteiger partial charge in [0.15, 0.2) is 6.61 Å². The Kier molecular flexibility index (Phi) is 5.65. The highest BCUT2D eigenvalue weighted by Gasteiger charge is 2.14. The van der Waals surface area contributed by atoms with Crippen molar-refractivity contribution >= 4 is 22.7 Å². The quantitative estimate of drug-likeness (QED) is 0.478. The van der Waals surface area contributed by atoms with Crippen molar-refractivity contribution in [2.24, 2.45) is 0 Å². The summed E-state index contributed by atoms with van der Waals surface area (Å²) in [4.78, 5) is 28.9. The van der Waals surface area contributed by atoms with Crippen LogP contribution in [0.2, 0.25) is 0 Å². The van der Waals surface area contributed by atoms with Crippen molar-refractivity contribution in [1.82, 2.24) is 4.98 Å². The average molecular weight is 361 g/mol. The Bertz CT molecular complexity index is 1010.